The minimum absolute atomic E-state index is 0.538. The number of hydrogen-bond acceptors (Lipinski definition) is 4. The van der Waals surface area contributed by atoms with Crippen LogP contribution >= 0.6 is 0 Å². The Labute approximate surface area is 121 Å². The minimum Gasteiger partial charge on any atom is -0.436 e. The van der Waals surface area contributed by atoms with Crippen molar-refractivity contribution in [2.45, 2.75) is 0 Å². The smallest absolute Gasteiger partial charge is 0.230 e. The van der Waals surface area contributed by atoms with Crippen LogP contribution in [0.15, 0.2) is 71.4 Å². The molecule has 0 aliphatic carbocycles. The molecule has 0 aliphatic heterocycles. The van der Waals surface area contributed by atoms with E-state index in [1.165, 1.54) is 0 Å². The number of benzene rings is 2. The molecule has 0 unspecified atom stereocenters. The number of hydrogen-bond donors (Lipinski definition) is 0. The van der Waals surface area contributed by atoms with Crippen molar-refractivity contribution in [3.63, 3.8) is 0 Å². The highest BCUT2D eigenvalue weighted by atomic mass is 16.3. The van der Waals surface area contributed by atoms with Crippen LogP contribution in [0.1, 0.15) is 0 Å². The molecule has 4 heteroatoms. The zero-order valence-electron chi connectivity index (χ0n) is 11.1. The number of rotatable bonds is 2. The highest BCUT2D eigenvalue weighted by Crippen LogP contribution is 2.24. The highest BCUT2D eigenvalue weighted by molar-refractivity contribution is 5.75. The molecule has 21 heavy (non-hydrogen) atoms. The van der Waals surface area contributed by atoms with Crippen molar-refractivity contribution in [1.29, 1.82) is 0 Å². The second kappa shape index (κ2) is 4.83. The second-order valence-electron chi connectivity index (χ2n) is 4.65. The number of para-hydroxylation sites is 2. The summed E-state index contributed by atoms with van der Waals surface area (Å²) >= 11 is 0. The van der Waals surface area contributed by atoms with Crippen molar-refractivity contribution in [3.05, 3.63) is 67.0 Å². The molecule has 0 amide bonds. The second-order valence-corrected chi connectivity index (χ2v) is 4.65. The maximum atomic E-state index is 5.71. The Morgan fingerprint density at radius 3 is 2.19 bits per heavy atom. The van der Waals surface area contributed by atoms with E-state index in [1.807, 2.05) is 54.6 Å². The first kappa shape index (κ1) is 11.8. The molecule has 0 atom stereocenters. The van der Waals surface area contributed by atoms with Crippen molar-refractivity contribution in [1.82, 2.24) is 15.0 Å². The van der Waals surface area contributed by atoms with Gasteiger partial charge in [0.25, 0.3) is 0 Å². The number of nitrogens with zero attached hydrogens (tertiary/aromatic N) is 3. The van der Waals surface area contributed by atoms with Gasteiger partial charge in [-0.25, -0.2) is 15.0 Å². The Hall–Kier alpha value is -3.01. The lowest BCUT2D eigenvalue weighted by molar-refractivity contribution is 0.619. The zero-order valence-corrected chi connectivity index (χ0v) is 11.1. The van der Waals surface area contributed by atoms with E-state index in [-0.39, 0.29) is 0 Å². The fourth-order valence-corrected chi connectivity index (χ4v) is 2.17. The van der Waals surface area contributed by atoms with Crippen molar-refractivity contribution < 1.29 is 4.42 Å². The van der Waals surface area contributed by atoms with Crippen LogP contribution in [0, 0.1) is 0 Å². The number of oxazole rings is 1. The van der Waals surface area contributed by atoms with Gasteiger partial charge in [-0.1, -0.05) is 42.5 Å². The van der Waals surface area contributed by atoms with Crippen LogP contribution in [0.4, 0.5) is 0 Å². The molecule has 0 saturated heterocycles. The Bertz CT molecular complexity index is 850. The molecule has 4 aromatic rings. The van der Waals surface area contributed by atoms with Gasteiger partial charge in [-0.05, 0) is 12.1 Å². The molecule has 0 N–H and O–H groups in total. The summed E-state index contributed by atoms with van der Waals surface area (Å²) in [5.74, 6) is 1.23. The fraction of sp³-hybridized carbons (Fsp3) is 0. The summed E-state index contributed by atoms with van der Waals surface area (Å²) in [5.41, 5.74) is 3.35. The molecule has 0 aliphatic rings. The van der Waals surface area contributed by atoms with Gasteiger partial charge in [-0.2, -0.15) is 0 Å². The molecule has 0 bridgehead atoms. The summed E-state index contributed by atoms with van der Waals surface area (Å²) in [6.45, 7) is 0. The van der Waals surface area contributed by atoms with Gasteiger partial charge in [-0.3, -0.25) is 0 Å². The van der Waals surface area contributed by atoms with Crippen LogP contribution in [0.5, 0.6) is 0 Å². The van der Waals surface area contributed by atoms with Crippen LogP contribution in [0.25, 0.3) is 33.9 Å². The van der Waals surface area contributed by atoms with E-state index >= 15 is 0 Å². The molecule has 2 heterocycles. The lowest BCUT2D eigenvalue weighted by atomic mass is 10.2. The SMILES string of the molecule is c1ccc(-c2ncc(-c3nc4ccccc4o3)cn2)cc1. The lowest BCUT2D eigenvalue weighted by Gasteiger charge is -1.99. The molecule has 2 aromatic heterocycles. The van der Waals surface area contributed by atoms with Gasteiger partial charge in [-0.15, -0.1) is 0 Å². The van der Waals surface area contributed by atoms with E-state index < -0.39 is 0 Å². The van der Waals surface area contributed by atoms with Gasteiger partial charge in [0, 0.05) is 18.0 Å². The van der Waals surface area contributed by atoms with Crippen LogP contribution < -0.4 is 0 Å². The topological polar surface area (TPSA) is 51.8 Å². The first-order valence-corrected chi connectivity index (χ1v) is 6.63. The Morgan fingerprint density at radius 1 is 0.714 bits per heavy atom. The summed E-state index contributed by atoms with van der Waals surface area (Å²) < 4.78 is 5.71. The largest absolute Gasteiger partial charge is 0.436 e. The summed E-state index contributed by atoms with van der Waals surface area (Å²) in [6, 6.07) is 17.5. The van der Waals surface area contributed by atoms with Crippen molar-refractivity contribution >= 4 is 11.1 Å². The Kier molecular flexibility index (Phi) is 2.71. The monoisotopic (exact) mass is 273 g/mol. The van der Waals surface area contributed by atoms with Crippen molar-refractivity contribution in [2.24, 2.45) is 0 Å². The average molecular weight is 273 g/mol. The average Bonchev–Trinajstić information content (AvgIpc) is 3.00. The van der Waals surface area contributed by atoms with Gasteiger partial charge in [0.1, 0.15) is 5.52 Å². The molecule has 2 aromatic carbocycles. The van der Waals surface area contributed by atoms with Gasteiger partial charge >= 0.3 is 0 Å². The van der Waals surface area contributed by atoms with Gasteiger partial charge in [0.05, 0.1) is 5.56 Å². The van der Waals surface area contributed by atoms with Crippen LogP contribution in [0.3, 0.4) is 0 Å². The molecular formula is C17H11N3O. The molecular weight excluding hydrogens is 262 g/mol. The van der Waals surface area contributed by atoms with E-state index in [9.17, 15) is 0 Å². The normalized spacial score (nSPS) is 10.9. The minimum atomic E-state index is 0.538. The maximum Gasteiger partial charge on any atom is 0.230 e. The van der Waals surface area contributed by atoms with E-state index in [0.29, 0.717) is 11.7 Å². The predicted molar refractivity (Wildman–Crippen MR) is 80.5 cm³/mol. The van der Waals surface area contributed by atoms with Gasteiger partial charge in [0.15, 0.2) is 11.4 Å². The van der Waals surface area contributed by atoms with Gasteiger partial charge in [0.2, 0.25) is 5.89 Å². The highest BCUT2D eigenvalue weighted by Gasteiger charge is 2.09. The third kappa shape index (κ3) is 2.17. The Morgan fingerprint density at radius 2 is 1.43 bits per heavy atom. The third-order valence-corrected chi connectivity index (χ3v) is 3.22. The molecule has 0 spiro atoms. The van der Waals surface area contributed by atoms with Crippen LogP contribution in [-0.4, -0.2) is 15.0 Å². The maximum absolute atomic E-state index is 5.71. The van der Waals surface area contributed by atoms with E-state index in [1.54, 1.807) is 12.4 Å². The number of aromatic nitrogens is 3. The van der Waals surface area contributed by atoms with Crippen LogP contribution in [0.2, 0.25) is 0 Å². The van der Waals surface area contributed by atoms with E-state index in [4.69, 9.17) is 4.42 Å². The summed E-state index contributed by atoms with van der Waals surface area (Å²) in [7, 11) is 0. The van der Waals surface area contributed by atoms with Crippen molar-refractivity contribution in [2.75, 3.05) is 0 Å². The van der Waals surface area contributed by atoms with E-state index in [2.05, 4.69) is 15.0 Å². The van der Waals surface area contributed by atoms with Crippen LogP contribution in [-0.2, 0) is 0 Å². The molecule has 0 radical (unpaired) electrons. The quantitative estimate of drug-likeness (QED) is 0.555. The summed E-state index contributed by atoms with van der Waals surface area (Å²) in [6.07, 6.45) is 3.47. The third-order valence-electron chi connectivity index (χ3n) is 3.22. The lowest BCUT2D eigenvalue weighted by Crippen LogP contribution is -1.89. The fourth-order valence-electron chi connectivity index (χ4n) is 2.17. The molecule has 4 nitrogen and oxygen atoms in total. The first-order valence-electron chi connectivity index (χ1n) is 6.63. The summed E-state index contributed by atoms with van der Waals surface area (Å²) in [4.78, 5) is 13.2. The summed E-state index contributed by atoms with van der Waals surface area (Å²) in [5, 5.41) is 0. The first-order chi connectivity index (χ1) is 10.4. The van der Waals surface area contributed by atoms with E-state index in [0.717, 1.165) is 22.2 Å². The number of fused-ring (bicyclic) bond motifs is 1. The Balaban J connectivity index is 1.73. The van der Waals surface area contributed by atoms with Gasteiger partial charge < -0.3 is 4.42 Å². The standard InChI is InChI=1S/C17H11N3O/c1-2-6-12(7-3-1)16-18-10-13(11-19-16)17-20-14-8-4-5-9-15(14)21-17/h1-11H. The predicted octanol–water partition coefficient (Wildman–Crippen LogP) is 3.95. The van der Waals surface area contributed by atoms with Crippen molar-refractivity contribution in [3.8, 4) is 22.8 Å². The molecule has 0 fully saturated rings. The molecule has 0 saturated carbocycles. The molecule has 4 rings (SSSR count). The molecule has 100 valence electrons. The zero-order chi connectivity index (χ0) is 14.1.